The van der Waals surface area contributed by atoms with Crippen LogP contribution in [-0.2, 0) is 0 Å². The van der Waals surface area contributed by atoms with Gasteiger partial charge in [-0.2, -0.15) is 0 Å². The van der Waals surface area contributed by atoms with E-state index in [1.165, 1.54) is 36.8 Å². The molecule has 2 rings (SSSR count). The molecule has 0 spiro atoms. The zero-order valence-electron chi connectivity index (χ0n) is 11.6. The third-order valence-electron chi connectivity index (χ3n) is 4.21. The highest BCUT2D eigenvalue weighted by atomic mass is 16.3. The first-order valence-corrected chi connectivity index (χ1v) is 7.17. The molecule has 0 radical (unpaired) electrons. The Bertz CT molecular complexity index is 417. The molecular weight excluding hydrogens is 220 g/mol. The number of aliphatic hydroxyl groups is 1. The maximum absolute atomic E-state index is 9.44. The predicted octanol–water partition coefficient (Wildman–Crippen LogP) is 5.23. The van der Waals surface area contributed by atoms with Crippen molar-refractivity contribution in [2.75, 3.05) is 0 Å². The maximum atomic E-state index is 9.44. The van der Waals surface area contributed by atoms with Gasteiger partial charge in [0.1, 0.15) is 0 Å². The highest BCUT2D eigenvalue weighted by Crippen LogP contribution is 2.38. The van der Waals surface area contributed by atoms with Crippen LogP contribution in [0.4, 0.5) is 0 Å². The summed E-state index contributed by atoms with van der Waals surface area (Å²) in [6.07, 6.45) is 15.8. The van der Waals surface area contributed by atoms with Gasteiger partial charge in [-0.1, -0.05) is 37.1 Å². The van der Waals surface area contributed by atoms with Gasteiger partial charge >= 0.3 is 0 Å². The van der Waals surface area contributed by atoms with Crippen LogP contribution in [0.3, 0.4) is 0 Å². The molecule has 0 amide bonds. The molecule has 0 aromatic heterocycles. The summed E-state index contributed by atoms with van der Waals surface area (Å²) < 4.78 is 0. The predicted molar refractivity (Wildman–Crippen MR) is 77.5 cm³/mol. The van der Waals surface area contributed by atoms with Crippen LogP contribution in [0, 0.1) is 5.92 Å². The van der Waals surface area contributed by atoms with Crippen LogP contribution in [-0.4, -0.2) is 5.11 Å². The van der Waals surface area contributed by atoms with Gasteiger partial charge in [0.05, 0.1) is 5.76 Å². The van der Waals surface area contributed by atoms with E-state index in [0.717, 1.165) is 12.3 Å². The first kappa shape index (κ1) is 13.2. The van der Waals surface area contributed by atoms with Crippen LogP contribution in [0.2, 0.25) is 0 Å². The quantitative estimate of drug-likeness (QED) is 0.530. The first-order valence-electron chi connectivity index (χ1n) is 7.17. The molecule has 0 atom stereocenters. The SMILES string of the molecule is CC/C(O)=C\C=C(/C)C1=CC=C(C2CCC2)CC1. The van der Waals surface area contributed by atoms with Gasteiger partial charge < -0.3 is 5.11 Å². The Kier molecular flexibility index (Phi) is 4.46. The molecule has 1 saturated carbocycles. The lowest BCUT2D eigenvalue weighted by atomic mass is 9.76. The number of aliphatic hydroxyl groups excluding tert-OH is 1. The third kappa shape index (κ3) is 3.16. The summed E-state index contributed by atoms with van der Waals surface area (Å²) in [4.78, 5) is 0. The standard InChI is InChI=1S/C17H24O/c1-3-17(18)12-7-13(2)14-8-10-16(11-9-14)15-5-4-6-15/h7-8,10,12,15,18H,3-6,9,11H2,1-2H3/b13-7+,17-12+. The van der Waals surface area contributed by atoms with E-state index in [1.54, 1.807) is 5.57 Å². The number of hydrogen-bond acceptors (Lipinski definition) is 1. The van der Waals surface area contributed by atoms with E-state index in [-0.39, 0.29) is 0 Å². The second kappa shape index (κ2) is 6.08. The minimum atomic E-state index is 0.455. The summed E-state index contributed by atoms with van der Waals surface area (Å²) in [5.74, 6) is 1.34. The molecule has 1 nitrogen and oxygen atoms in total. The summed E-state index contributed by atoms with van der Waals surface area (Å²) >= 11 is 0. The molecule has 1 heteroatoms. The Labute approximate surface area is 111 Å². The van der Waals surface area contributed by atoms with Crippen molar-refractivity contribution in [1.29, 1.82) is 0 Å². The van der Waals surface area contributed by atoms with Crippen LogP contribution in [0.15, 0.2) is 46.8 Å². The Balaban J connectivity index is 2.01. The van der Waals surface area contributed by atoms with Gasteiger partial charge in [0.15, 0.2) is 0 Å². The normalized spacial score (nSPS) is 22.3. The van der Waals surface area contributed by atoms with Crippen LogP contribution in [0.1, 0.15) is 52.4 Å². The fourth-order valence-electron chi connectivity index (χ4n) is 2.55. The monoisotopic (exact) mass is 244 g/mol. The fraction of sp³-hybridized carbons (Fsp3) is 0.529. The van der Waals surface area contributed by atoms with Gasteiger partial charge in [0, 0.05) is 6.42 Å². The summed E-state index contributed by atoms with van der Waals surface area (Å²) in [6.45, 7) is 4.09. The molecule has 0 saturated heterocycles. The van der Waals surface area contributed by atoms with Crippen LogP contribution >= 0.6 is 0 Å². The van der Waals surface area contributed by atoms with E-state index in [1.807, 2.05) is 19.1 Å². The number of hydrogen-bond donors (Lipinski definition) is 1. The molecule has 2 aliphatic carbocycles. The summed E-state index contributed by atoms with van der Waals surface area (Å²) in [7, 11) is 0. The Morgan fingerprint density at radius 1 is 1.28 bits per heavy atom. The Morgan fingerprint density at radius 2 is 2.06 bits per heavy atom. The van der Waals surface area contributed by atoms with Gasteiger partial charge in [0.2, 0.25) is 0 Å². The van der Waals surface area contributed by atoms with E-state index in [2.05, 4.69) is 19.1 Å². The van der Waals surface area contributed by atoms with E-state index < -0.39 is 0 Å². The second-order valence-electron chi connectivity index (χ2n) is 5.42. The van der Waals surface area contributed by atoms with Gasteiger partial charge in [-0.3, -0.25) is 0 Å². The van der Waals surface area contributed by atoms with Crippen LogP contribution in [0.5, 0.6) is 0 Å². The molecule has 18 heavy (non-hydrogen) atoms. The third-order valence-corrected chi connectivity index (χ3v) is 4.21. The molecule has 1 fully saturated rings. The summed E-state index contributed by atoms with van der Waals surface area (Å²) in [5, 5.41) is 9.44. The van der Waals surface area contributed by atoms with Crippen molar-refractivity contribution in [2.24, 2.45) is 5.92 Å². The van der Waals surface area contributed by atoms with E-state index >= 15 is 0 Å². The van der Waals surface area contributed by atoms with Crippen molar-refractivity contribution in [1.82, 2.24) is 0 Å². The zero-order chi connectivity index (χ0) is 13.0. The highest BCUT2D eigenvalue weighted by molar-refractivity contribution is 5.39. The minimum Gasteiger partial charge on any atom is -0.512 e. The molecule has 0 heterocycles. The molecular formula is C17H24O. The van der Waals surface area contributed by atoms with Gasteiger partial charge in [-0.05, 0) is 55.7 Å². The van der Waals surface area contributed by atoms with Gasteiger partial charge in [0.25, 0.3) is 0 Å². The number of rotatable bonds is 4. The van der Waals surface area contributed by atoms with Crippen LogP contribution < -0.4 is 0 Å². The molecule has 0 unspecified atom stereocenters. The summed E-state index contributed by atoms with van der Waals surface area (Å²) in [5.41, 5.74) is 4.35. The first-order chi connectivity index (χ1) is 8.70. The van der Waals surface area contributed by atoms with Gasteiger partial charge in [-0.15, -0.1) is 0 Å². The van der Waals surface area contributed by atoms with Crippen molar-refractivity contribution in [2.45, 2.75) is 52.4 Å². The molecule has 0 aromatic carbocycles. The second-order valence-corrected chi connectivity index (χ2v) is 5.42. The van der Waals surface area contributed by atoms with Crippen molar-refractivity contribution >= 4 is 0 Å². The minimum absolute atomic E-state index is 0.455. The van der Waals surface area contributed by atoms with E-state index in [9.17, 15) is 5.11 Å². The van der Waals surface area contributed by atoms with Gasteiger partial charge in [-0.25, -0.2) is 0 Å². The fourth-order valence-corrected chi connectivity index (χ4v) is 2.55. The topological polar surface area (TPSA) is 20.2 Å². The zero-order valence-corrected chi connectivity index (χ0v) is 11.6. The lowest BCUT2D eigenvalue weighted by molar-refractivity contribution is 0.358. The molecule has 2 aliphatic rings. The molecule has 0 bridgehead atoms. The molecule has 98 valence electrons. The number of allylic oxidation sites excluding steroid dienone is 8. The summed E-state index contributed by atoms with van der Waals surface area (Å²) in [6, 6.07) is 0. The van der Waals surface area contributed by atoms with Crippen molar-refractivity contribution in [3.05, 3.63) is 46.8 Å². The molecule has 0 aliphatic heterocycles. The van der Waals surface area contributed by atoms with E-state index in [0.29, 0.717) is 12.2 Å². The lowest BCUT2D eigenvalue weighted by Crippen LogP contribution is -2.15. The van der Waals surface area contributed by atoms with Crippen molar-refractivity contribution < 1.29 is 5.11 Å². The Morgan fingerprint density at radius 3 is 2.56 bits per heavy atom. The Hall–Kier alpha value is -1.24. The average molecular weight is 244 g/mol. The smallest absolute Gasteiger partial charge is 0.0919 e. The largest absolute Gasteiger partial charge is 0.512 e. The maximum Gasteiger partial charge on any atom is 0.0919 e. The van der Waals surface area contributed by atoms with Crippen LogP contribution in [0.25, 0.3) is 0 Å². The molecule has 0 aromatic rings. The van der Waals surface area contributed by atoms with E-state index in [4.69, 9.17) is 0 Å². The highest BCUT2D eigenvalue weighted by Gasteiger charge is 2.22. The molecule has 1 N–H and O–H groups in total. The lowest BCUT2D eigenvalue weighted by Gasteiger charge is -2.30. The van der Waals surface area contributed by atoms with Crippen molar-refractivity contribution in [3.63, 3.8) is 0 Å². The van der Waals surface area contributed by atoms with Crippen molar-refractivity contribution in [3.8, 4) is 0 Å². The average Bonchev–Trinajstić information content (AvgIpc) is 2.34.